The zero-order valence-corrected chi connectivity index (χ0v) is 12.6. The Bertz CT molecular complexity index is 504. The van der Waals surface area contributed by atoms with E-state index in [4.69, 9.17) is 4.74 Å². The second-order valence-electron chi connectivity index (χ2n) is 5.50. The van der Waals surface area contributed by atoms with Gasteiger partial charge in [0.1, 0.15) is 0 Å². The van der Waals surface area contributed by atoms with Crippen LogP contribution in [-0.4, -0.2) is 6.61 Å². The minimum Gasteiger partial charge on any atom is -0.377 e. The number of fused-ring (bicyclic) bond motifs is 1. The molecule has 0 N–H and O–H groups in total. The van der Waals surface area contributed by atoms with Crippen molar-refractivity contribution >= 4 is 10.8 Å². The van der Waals surface area contributed by atoms with Gasteiger partial charge in [0.05, 0.1) is 6.61 Å². The van der Waals surface area contributed by atoms with E-state index < -0.39 is 0 Å². The van der Waals surface area contributed by atoms with Crippen LogP contribution < -0.4 is 0 Å². The van der Waals surface area contributed by atoms with Crippen LogP contribution in [0.2, 0.25) is 0 Å². The molecule has 0 radical (unpaired) electrons. The fraction of sp³-hybridized carbons (Fsp3) is 0.474. The summed E-state index contributed by atoms with van der Waals surface area (Å²) in [5.41, 5.74) is 1.27. The first-order valence-corrected chi connectivity index (χ1v) is 7.95. The lowest BCUT2D eigenvalue weighted by molar-refractivity contribution is 0.117. The van der Waals surface area contributed by atoms with Gasteiger partial charge in [0.15, 0.2) is 0 Å². The van der Waals surface area contributed by atoms with Gasteiger partial charge in [-0.1, -0.05) is 75.4 Å². The lowest BCUT2D eigenvalue weighted by Crippen LogP contribution is -1.95. The number of unbranched alkanes of at least 4 members (excludes halogenated alkanes) is 5. The molecule has 0 aliphatic rings. The average molecular weight is 270 g/mol. The van der Waals surface area contributed by atoms with Gasteiger partial charge in [0, 0.05) is 6.61 Å². The zero-order valence-electron chi connectivity index (χ0n) is 12.6. The van der Waals surface area contributed by atoms with Crippen molar-refractivity contribution < 1.29 is 4.74 Å². The Hall–Kier alpha value is -1.34. The van der Waals surface area contributed by atoms with Crippen molar-refractivity contribution in [1.82, 2.24) is 0 Å². The van der Waals surface area contributed by atoms with E-state index in [1.165, 1.54) is 54.9 Å². The maximum atomic E-state index is 5.78. The summed E-state index contributed by atoms with van der Waals surface area (Å²) in [6, 6.07) is 15.1. The van der Waals surface area contributed by atoms with E-state index in [-0.39, 0.29) is 0 Å². The fourth-order valence-corrected chi connectivity index (χ4v) is 2.50. The highest BCUT2D eigenvalue weighted by atomic mass is 16.5. The lowest BCUT2D eigenvalue weighted by Gasteiger charge is -2.06. The number of hydrogen-bond donors (Lipinski definition) is 0. The van der Waals surface area contributed by atoms with Crippen molar-refractivity contribution in [2.75, 3.05) is 6.61 Å². The molecule has 0 atom stereocenters. The van der Waals surface area contributed by atoms with Gasteiger partial charge in [-0.3, -0.25) is 0 Å². The normalized spacial score (nSPS) is 11.1. The topological polar surface area (TPSA) is 9.23 Å². The molecule has 2 aromatic rings. The molecular formula is C19H26O. The van der Waals surface area contributed by atoms with Crippen molar-refractivity contribution in [2.24, 2.45) is 0 Å². The van der Waals surface area contributed by atoms with Crippen LogP contribution in [0.3, 0.4) is 0 Å². The summed E-state index contributed by atoms with van der Waals surface area (Å²) in [5, 5.41) is 2.60. The number of hydrogen-bond acceptors (Lipinski definition) is 1. The molecule has 0 aromatic heterocycles. The summed E-state index contributed by atoms with van der Waals surface area (Å²) in [7, 11) is 0. The minimum atomic E-state index is 0.736. The van der Waals surface area contributed by atoms with E-state index >= 15 is 0 Å². The molecule has 0 aliphatic heterocycles. The molecule has 2 aromatic carbocycles. The van der Waals surface area contributed by atoms with Gasteiger partial charge in [-0.15, -0.1) is 0 Å². The van der Waals surface area contributed by atoms with E-state index in [9.17, 15) is 0 Å². The third kappa shape index (κ3) is 4.97. The summed E-state index contributed by atoms with van der Waals surface area (Å²) in [6.07, 6.45) is 7.92. The van der Waals surface area contributed by atoms with Gasteiger partial charge in [-0.25, -0.2) is 0 Å². The molecule has 0 spiro atoms. The van der Waals surface area contributed by atoms with Crippen LogP contribution in [-0.2, 0) is 11.3 Å². The molecule has 2 rings (SSSR count). The van der Waals surface area contributed by atoms with Crippen LogP contribution in [0.15, 0.2) is 42.5 Å². The predicted octanol–water partition coefficient (Wildman–Crippen LogP) is 5.72. The van der Waals surface area contributed by atoms with Gasteiger partial charge in [-0.05, 0) is 28.8 Å². The zero-order chi connectivity index (χ0) is 14.0. The van der Waals surface area contributed by atoms with Gasteiger partial charge < -0.3 is 4.74 Å². The molecule has 0 heterocycles. The van der Waals surface area contributed by atoms with Crippen LogP contribution in [0.1, 0.15) is 51.0 Å². The quantitative estimate of drug-likeness (QED) is 0.530. The summed E-state index contributed by atoms with van der Waals surface area (Å²) >= 11 is 0. The largest absolute Gasteiger partial charge is 0.377 e. The van der Waals surface area contributed by atoms with E-state index in [1.807, 2.05) is 0 Å². The Kier molecular flexibility index (Phi) is 6.59. The van der Waals surface area contributed by atoms with Crippen LogP contribution in [0.5, 0.6) is 0 Å². The Balaban J connectivity index is 1.65. The van der Waals surface area contributed by atoms with Gasteiger partial charge in [0.25, 0.3) is 0 Å². The van der Waals surface area contributed by atoms with Gasteiger partial charge in [0.2, 0.25) is 0 Å². The molecule has 20 heavy (non-hydrogen) atoms. The minimum absolute atomic E-state index is 0.736. The molecule has 108 valence electrons. The molecular weight excluding hydrogens is 244 g/mol. The molecule has 0 bridgehead atoms. The monoisotopic (exact) mass is 270 g/mol. The van der Waals surface area contributed by atoms with E-state index in [0.29, 0.717) is 0 Å². The van der Waals surface area contributed by atoms with Crippen LogP contribution in [0.4, 0.5) is 0 Å². The van der Waals surface area contributed by atoms with Crippen LogP contribution in [0, 0.1) is 0 Å². The van der Waals surface area contributed by atoms with Crippen LogP contribution >= 0.6 is 0 Å². The fourth-order valence-electron chi connectivity index (χ4n) is 2.50. The number of ether oxygens (including phenoxy) is 1. The summed E-state index contributed by atoms with van der Waals surface area (Å²) in [4.78, 5) is 0. The second kappa shape index (κ2) is 8.76. The Labute approximate surface area is 123 Å². The highest BCUT2D eigenvalue weighted by molar-refractivity contribution is 5.82. The summed E-state index contributed by atoms with van der Waals surface area (Å²) in [6.45, 7) is 3.88. The molecule has 0 unspecified atom stereocenters. The predicted molar refractivity (Wildman–Crippen MR) is 87.0 cm³/mol. The van der Waals surface area contributed by atoms with Gasteiger partial charge in [-0.2, -0.15) is 0 Å². The van der Waals surface area contributed by atoms with E-state index in [0.717, 1.165) is 13.2 Å². The van der Waals surface area contributed by atoms with Gasteiger partial charge >= 0.3 is 0 Å². The Morgan fingerprint density at radius 1 is 0.800 bits per heavy atom. The highest BCUT2D eigenvalue weighted by Crippen LogP contribution is 2.16. The van der Waals surface area contributed by atoms with Crippen molar-refractivity contribution in [3.63, 3.8) is 0 Å². The van der Waals surface area contributed by atoms with E-state index in [2.05, 4.69) is 49.4 Å². The van der Waals surface area contributed by atoms with Crippen molar-refractivity contribution in [1.29, 1.82) is 0 Å². The Morgan fingerprint density at radius 2 is 1.55 bits per heavy atom. The third-order valence-electron chi connectivity index (χ3n) is 3.72. The first kappa shape index (κ1) is 15.1. The SMILES string of the molecule is CCCCCCCCOCc1ccc2ccccc2c1. The smallest absolute Gasteiger partial charge is 0.0717 e. The number of benzene rings is 2. The molecule has 1 heteroatoms. The average Bonchev–Trinajstić information content (AvgIpc) is 2.50. The maximum absolute atomic E-state index is 5.78. The first-order chi connectivity index (χ1) is 9.90. The lowest BCUT2D eigenvalue weighted by atomic mass is 10.1. The van der Waals surface area contributed by atoms with Crippen molar-refractivity contribution in [3.05, 3.63) is 48.0 Å². The van der Waals surface area contributed by atoms with Crippen molar-refractivity contribution in [3.8, 4) is 0 Å². The van der Waals surface area contributed by atoms with Crippen molar-refractivity contribution in [2.45, 2.75) is 52.1 Å². The summed E-state index contributed by atoms with van der Waals surface area (Å²) < 4.78 is 5.78. The third-order valence-corrected chi connectivity index (χ3v) is 3.72. The van der Waals surface area contributed by atoms with Crippen LogP contribution in [0.25, 0.3) is 10.8 Å². The molecule has 0 amide bonds. The highest BCUT2D eigenvalue weighted by Gasteiger charge is 1.97. The summed E-state index contributed by atoms with van der Waals surface area (Å²) in [5.74, 6) is 0. The molecule has 1 nitrogen and oxygen atoms in total. The number of rotatable bonds is 9. The standard InChI is InChI=1S/C19H26O/c1-2-3-4-5-6-9-14-20-16-17-12-13-18-10-7-8-11-19(18)15-17/h7-8,10-13,15H,2-6,9,14,16H2,1H3. The molecule has 0 aliphatic carbocycles. The second-order valence-corrected chi connectivity index (χ2v) is 5.50. The molecule has 0 saturated carbocycles. The maximum Gasteiger partial charge on any atom is 0.0717 e. The Morgan fingerprint density at radius 3 is 2.40 bits per heavy atom. The molecule has 0 saturated heterocycles. The first-order valence-electron chi connectivity index (χ1n) is 7.95. The molecule has 0 fully saturated rings. The van der Waals surface area contributed by atoms with E-state index in [1.54, 1.807) is 0 Å².